The van der Waals surface area contributed by atoms with E-state index in [1.165, 1.54) is 19.3 Å². The summed E-state index contributed by atoms with van der Waals surface area (Å²) >= 11 is 0. The van der Waals surface area contributed by atoms with Gasteiger partial charge < -0.3 is 4.90 Å². The van der Waals surface area contributed by atoms with E-state index in [2.05, 4.69) is 15.0 Å². The maximum absolute atomic E-state index is 12.7. The smallest absolute Gasteiger partial charge is 0.226 e. The van der Waals surface area contributed by atoms with Crippen molar-refractivity contribution in [3.8, 4) is 0 Å². The second kappa shape index (κ2) is 5.31. The zero-order chi connectivity index (χ0) is 13.2. The van der Waals surface area contributed by atoms with Crippen LogP contribution in [-0.4, -0.2) is 32.1 Å². The minimum atomic E-state index is 0.141. The van der Waals surface area contributed by atoms with Crippen LogP contribution in [0.15, 0.2) is 6.33 Å². The molecule has 5 heteroatoms. The molecule has 5 nitrogen and oxygen atoms in total. The van der Waals surface area contributed by atoms with E-state index in [0.29, 0.717) is 5.91 Å². The highest BCUT2D eigenvalue weighted by atomic mass is 16.2. The first-order valence-electron chi connectivity index (χ1n) is 7.42. The summed E-state index contributed by atoms with van der Waals surface area (Å²) in [6.45, 7) is 0.882. The third-order valence-electron chi connectivity index (χ3n) is 4.53. The standard InChI is InChI=1S/C14H22N4O/c1-17-13(15-10-16-17)12-8-5-9-18(12)14(19)11-6-3-2-4-7-11/h10-12H,2-9H2,1H3/t12-/m0/s1. The summed E-state index contributed by atoms with van der Waals surface area (Å²) in [6.07, 6.45) is 9.52. The molecule has 3 rings (SSSR count). The molecule has 0 aromatic carbocycles. The summed E-state index contributed by atoms with van der Waals surface area (Å²) in [7, 11) is 1.91. The van der Waals surface area contributed by atoms with Gasteiger partial charge >= 0.3 is 0 Å². The number of likely N-dealkylation sites (tertiary alicyclic amines) is 1. The molecule has 1 saturated heterocycles. The van der Waals surface area contributed by atoms with Crippen molar-refractivity contribution in [1.82, 2.24) is 19.7 Å². The summed E-state index contributed by atoms with van der Waals surface area (Å²) in [5.74, 6) is 1.54. The Bertz CT molecular complexity index is 450. The van der Waals surface area contributed by atoms with E-state index in [9.17, 15) is 4.79 Å². The fraction of sp³-hybridized carbons (Fsp3) is 0.786. The molecule has 2 aliphatic rings. The van der Waals surface area contributed by atoms with Gasteiger partial charge in [0.1, 0.15) is 12.2 Å². The van der Waals surface area contributed by atoms with Crippen LogP contribution >= 0.6 is 0 Å². The highest BCUT2D eigenvalue weighted by molar-refractivity contribution is 5.79. The Labute approximate surface area is 114 Å². The monoisotopic (exact) mass is 262 g/mol. The molecule has 1 atom stereocenters. The Morgan fingerprint density at radius 1 is 1.21 bits per heavy atom. The quantitative estimate of drug-likeness (QED) is 0.819. The van der Waals surface area contributed by atoms with Crippen molar-refractivity contribution >= 4 is 5.91 Å². The van der Waals surface area contributed by atoms with Crippen LogP contribution in [0, 0.1) is 5.92 Å². The summed E-state index contributed by atoms with van der Waals surface area (Å²) < 4.78 is 1.80. The third kappa shape index (κ3) is 2.38. The lowest BCUT2D eigenvalue weighted by molar-refractivity contribution is -0.137. The van der Waals surface area contributed by atoms with Crippen LogP contribution in [0.4, 0.5) is 0 Å². The number of hydrogen-bond acceptors (Lipinski definition) is 3. The van der Waals surface area contributed by atoms with Crippen molar-refractivity contribution in [2.45, 2.75) is 51.0 Å². The molecule has 1 saturated carbocycles. The summed E-state index contributed by atoms with van der Waals surface area (Å²) in [6, 6.07) is 0.141. The number of aryl methyl sites for hydroxylation is 1. The van der Waals surface area contributed by atoms with Crippen molar-refractivity contribution in [3.05, 3.63) is 12.2 Å². The molecule has 1 aromatic heterocycles. The van der Waals surface area contributed by atoms with Gasteiger partial charge in [-0.25, -0.2) is 4.98 Å². The topological polar surface area (TPSA) is 51.0 Å². The predicted molar refractivity (Wildman–Crippen MR) is 71.3 cm³/mol. The third-order valence-corrected chi connectivity index (χ3v) is 4.53. The normalized spacial score (nSPS) is 24.9. The van der Waals surface area contributed by atoms with Crippen molar-refractivity contribution < 1.29 is 4.79 Å². The van der Waals surface area contributed by atoms with Gasteiger partial charge in [0.15, 0.2) is 0 Å². The molecule has 0 spiro atoms. The zero-order valence-electron chi connectivity index (χ0n) is 11.6. The largest absolute Gasteiger partial charge is 0.332 e. The first-order valence-corrected chi connectivity index (χ1v) is 7.42. The van der Waals surface area contributed by atoms with Gasteiger partial charge in [0, 0.05) is 19.5 Å². The first kappa shape index (κ1) is 12.6. The van der Waals surface area contributed by atoms with Gasteiger partial charge in [-0.05, 0) is 25.7 Å². The van der Waals surface area contributed by atoms with Gasteiger partial charge in [0.2, 0.25) is 5.91 Å². The summed E-state index contributed by atoms with van der Waals surface area (Å²) in [4.78, 5) is 19.1. The van der Waals surface area contributed by atoms with Gasteiger partial charge in [0.05, 0.1) is 6.04 Å². The summed E-state index contributed by atoms with van der Waals surface area (Å²) in [5, 5.41) is 4.14. The van der Waals surface area contributed by atoms with E-state index in [1.807, 2.05) is 7.05 Å². The molecule has 0 N–H and O–H groups in total. The van der Waals surface area contributed by atoms with Crippen LogP contribution in [0.1, 0.15) is 56.8 Å². The number of nitrogens with zero attached hydrogens (tertiary/aromatic N) is 4. The van der Waals surface area contributed by atoms with Crippen molar-refractivity contribution in [3.63, 3.8) is 0 Å². The Kier molecular flexibility index (Phi) is 3.53. The number of carbonyl (C=O) groups is 1. The fourth-order valence-corrected chi connectivity index (χ4v) is 3.49. The Morgan fingerprint density at radius 2 is 2.00 bits per heavy atom. The molecule has 104 valence electrons. The minimum Gasteiger partial charge on any atom is -0.332 e. The van der Waals surface area contributed by atoms with Gasteiger partial charge in [-0.15, -0.1) is 0 Å². The molecule has 1 aromatic rings. The van der Waals surface area contributed by atoms with Crippen LogP contribution in [-0.2, 0) is 11.8 Å². The molecule has 0 bridgehead atoms. The fourth-order valence-electron chi connectivity index (χ4n) is 3.49. The first-order chi connectivity index (χ1) is 9.27. The van der Waals surface area contributed by atoms with Crippen molar-refractivity contribution in [1.29, 1.82) is 0 Å². The number of amides is 1. The van der Waals surface area contributed by atoms with Gasteiger partial charge in [-0.1, -0.05) is 19.3 Å². The molecule has 0 unspecified atom stereocenters. The van der Waals surface area contributed by atoms with Gasteiger partial charge in [-0.3, -0.25) is 9.48 Å². The van der Waals surface area contributed by atoms with Crippen molar-refractivity contribution in [2.75, 3.05) is 6.54 Å². The van der Waals surface area contributed by atoms with Crippen molar-refractivity contribution in [2.24, 2.45) is 13.0 Å². The van der Waals surface area contributed by atoms with Gasteiger partial charge in [-0.2, -0.15) is 5.10 Å². The molecule has 19 heavy (non-hydrogen) atoms. The van der Waals surface area contributed by atoms with Crippen LogP contribution in [0.25, 0.3) is 0 Å². The number of aromatic nitrogens is 3. The number of carbonyl (C=O) groups excluding carboxylic acids is 1. The Morgan fingerprint density at radius 3 is 2.68 bits per heavy atom. The van der Waals surface area contributed by atoms with Crippen LogP contribution in [0.3, 0.4) is 0 Å². The molecule has 1 aliphatic heterocycles. The molecule has 2 fully saturated rings. The van der Waals surface area contributed by atoms with Crippen LogP contribution in [0.2, 0.25) is 0 Å². The SMILES string of the molecule is Cn1ncnc1[C@@H]1CCCN1C(=O)C1CCCCC1. The number of rotatable bonds is 2. The highest BCUT2D eigenvalue weighted by Gasteiger charge is 2.36. The molecule has 1 aliphatic carbocycles. The lowest BCUT2D eigenvalue weighted by Crippen LogP contribution is -2.37. The number of hydrogen-bond donors (Lipinski definition) is 0. The average Bonchev–Trinajstić information content (AvgIpc) is 3.07. The van der Waals surface area contributed by atoms with E-state index in [1.54, 1.807) is 11.0 Å². The van der Waals surface area contributed by atoms with E-state index in [4.69, 9.17) is 0 Å². The molecular weight excluding hydrogens is 240 g/mol. The molecule has 0 radical (unpaired) electrons. The lowest BCUT2D eigenvalue weighted by Gasteiger charge is -2.30. The van der Waals surface area contributed by atoms with Gasteiger partial charge in [0.25, 0.3) is 0 Å². The minimum absolute atomic E-state index is 0.141. The highest BCUT2D eigenvalue weighted by Crippen LogP contribution is 2.34. The second-order valence-corrected chi connectivity index (χ2v) is 5.77. The predicted octanol–water partition coefficient (Wildman–Crippen LogP) is 2.06. The maximum Gasteiger partial charge on any atom is 0.226 e. The summed E-state index contributed by atoms with van der Waals surface area (Å²) in [5.41, 5.74) is 0. The molecular formula is C14H22N4O. The average molecular weight is 262 g/mol. The Hall–Kier alpha value is -1.39. The second-order valence-electron chi connectivity index (χ2n) is 5.77. The Balaban J connectivity index is 1.75. The van der Waals surface area contributed by atoms with Crippen LogP contribution < -0.4 is 0 Å². The zero-order valence-corrected chi connectivity index (χ0v) is 11.6. The van der Waals surface area contributed by atoms with E-state index < -0.39 is 0 Å². The molecule has 2 heterocycles. The van der Waals surface area contributed by atoms with E-state index >= 15 is 0 Å². The van der Waals surface area contributed by atoms with E-state index in [0.717, 1.165) is 38.1 Å². The van der Waals surface area contributed by atoms with E-state index in [-0.39, 0.29) is 12.0 Å². The molecule has 1 amide bonds. The lowest BCUT2D eigenvalue weighted by atomic mass is 9.88. The maximum atomic E-state index is 12.7. The van der Waals surface area contributed by atoms with Crippen LogP contribution in [0.5, 0.6) is 0 Å².